The van der Waals surface area contributed by atoms with Gasteiger partial charge in [-0.2, -0.15) is 0 Å². The van der Waals surface area contributed by atoms with Crippen LogP contribution in [0.15, 0.2) is 29.2 Å². The summed E-state index contributed by atoms with van der Waals surface area (Å²) >= 11 is 0. The second-order valence-corrected chi connectivity index (χ2v) is 16.5. The molecule has 0 aromatic heterocycles. The molecule has 16 nitrogen and oxygen atoms in total. The number of carboxylic acid groups (broad SMARTS) is 3. The fourth-order valence-electron chi connectivity index (χ4n) is 8.73. The van der Waals surface area contributed by atoms with Crippen molar-refractivity contribution >= 4 is 33.8 Å². The zero-order valence-corrected chi connectivity index (χ0v) is 29.9. The Balaban J connectivity index is 1.12. The van der Waals surface area contributed by atoms with Gasteiger partial charge in [-0.05, 0) is 80.5 Å². The van der Waals surface area contributed by atoms with E-state index >= 15 is 0 Å². The average Bonchev–Trinajstić information content (AvgIpc) is 3.03. The Hall–Kier alpha value is -3.35. The topological polar surface area (TPSA) is 209 Å². The number of carbonyl (C=O) groups excluding carboxylic acids is 1. The normalized spacial score (nSPS) is 26.9. The number of benzene rings is 1. The van der Waals surface area contributed by atoms with Gasteiger partial charge in [0.05, 0.1) is 24.5 Å². The second kappa shape index (κ2) is 17.4. The highest BCUT2D eigenvalue weighted by Gasteiger charge is 2.51. The monoisotopic (exact) mass is 736 g/mol. The SMILES string of the molecule is O=C(O)CN1CCN(CCNS(=O)(=O)c2ccc(OCC(=O)NC34CC5CC(CC(C5)C3)C4)cc2)CCN(CC(=O)O)CCN(CC(=O)O)CC1. The molecule has 1 aromatic rings. The van der Waals surface area contributed by atoms with Crippen LogP contribution in [0.4, 0.5) is 0 Å². The number of nitrogens with one attached hydrogen (secondary N) is 2. The number of nitrogens with zero attached hydrogens (tertiary/aromatic N) is 4. The Bertz CT molecular complexity index is 1430. The molecule has 1 amide bonds. The molecular weight excluding hydrogens is 684 g/mol. The molecule has 0 spiro atoms. The molecule has 1 heterocycles. The minimum absolute atomic E-state index is 0.0349. The lowest BCUT2D eigenvalue weighted by Crippen LogP contribution is -2.60. The van der Waals surface area contributed by atoms with Crippen molar-refractivity contribution in [3.63, 3.8) is 0 Å². The molecule has 1 aliphatic heterocycles. The molecule has 4 bridgehead atoms. The molecule has 17 heteroatoms. The van der Waals surface area contributed by atoms with Gasteiger partial charge < -0.3 is 25.4 Å². The Morgan fingerprint density at radius 1 is 0.686 bits per heavy atom. The van der Waals surface area contributed by atoms with E-state index in [9.17, 15) is 42.9 Å². The van der Waals surface area contributed by atoms with Gasteiger partial charge in [-0.3, -0.25) is 38.8 Å². The van der Waals surface area contributed by atoms with Crippen molar-refractivity contribution in [3.8, 4) is 5.75 Å². The molecule has 1 saturated heterocycles. The summed E-state index contributed by atoms with van der Waals surface area (Å²) in [5.74, 6) is -0.705. The number of hydrogen-bond donors (Lipinski definition) is 5. The number of aliphatic carboxylic acids is 3. The summed E-state index contributed by atoms with van der Waals surface area (Å²) in [6.07, 6.45) is 6.99. The maximum absolute atomic E-state index is 13.1. The fraction of sp³-hybridized carbons (Fsp3) is 0.706. The Morgan fingerprint density at radius 2 is 1.10 bits per heavy atom. The molecule has 5 aliphatic rings. The van der Waals surface area contributed by atoms with E-state index in [-0.39, 0.29) is 55.7 Å². The zero-order valence-electron chi connectivity index (χ0n) is 29.1. The van der Waals surface area contributed by atoms with Crippen LogP contribution in [-0.2, 0) is 29.2 Å². The number of hydrogen-bond acceptors (Lipinski definition) is 11. The first-order chi connectivity index (χ1) is 24.3. The van der Waals surface area contributed by atoms with Crippen LogP contribution in [0.2, 0.25) is 0 Å². The van der Waals surface area contributed by atoms with Crippen LogP contribution in [0.3, 0.4) is 0 Å². The van der Waals surface area contributed by atoms with E-state index in [0.29, 0.717) is 75.9 Å². The van der Waals surface area contributed by atoms with E-state index in [0.717, 1.165) is 19.3 Å². The van der Waals surface area contributed by atoms with E-state index < -0.39 is 27.9 Å². The summed E-state index contributed by atoms with van der Waals surface area (Å²) in [7, 11) is -3.89. The Kier molecular flexibility index (Phi) is 13.3. The molecule has 5 N–H and O–H groups in total. The van der Waals surface area contributed by atoms with E-state index in [2.05, 4.69) is 10.0 Å². The van der Waals surface area contributed by atoms with Gasteiger partial charge in [0, 0.05) is 71.0 Å². The number of carboxylic acids is 3. The highest BCUT2D eigenvalue weighted by molar-refractivity contribution is 7.89. The van der Waals surface area contributed by atoms with Crippen molar-refractivity contribution in [2.24, 2.45) is 17.8 Å². The van der Waals surface area contributed by atoms with Crippen LogP contribution in [0.5, 0.6) is 5.75 Å². The number of ether oxygens (including phenoxy) is 1. The summed E-state index contributed by atoms with van der Waals surface area (Å²) in [6, 6.07) is 5.89. The number of carbonyl (C=O) groups is 4. The molecule has 0 atom stereocenters. The molecule has 0 unspecified atom stereocenters. The fourth-order valence-corrected chi connectivity index (χ4v) is 9.75. The number of amides is 1. The van der Waals surface area contributed by atoms with Crippen molar-refractivity contribution in [3.05, 3.63) is 24.3 Å². The van der Waals surface area contributed by atoms with Gasteiger partial charge in [0.2, 0.25) is 10.0 Å². The van der Waals surface area contributed by atoms with Crippen LogP contribution in [0.1, 0.15) is 38.5 Å². The van der Waals surface area contributed by atoms with Crippen molar-refractivity contribution < 1.29 is 47.7 Å². The van der Waals surface area contributed by atoms with Crippen molar-refractivity contribution in [1.29, 1.82) is 0 Å². The lowest BCUT2D eigenvalue weighted by Gasteiger charge is -2.56. The summed E-state index contributed by atoms with van der Waals surface area (Å²) in [5, 5.41) is 31.5. The lowest BCUT2D eigenvalue weighted by molar-refractivity contribution is -0.140. The largest absolute Gasteiger partial charge is 0.484 e. The van der Waals surface area contributed by atoms with Gasteiger partial charge in [0.1, 0.15) is 5.75 Å². The molecule has 284 valence electrons. The van der Waals surface area contributed by atoms with Crippen LogP contribution < -0.4 is 14.8 Å². The van der Waals surface area contributed by atoms with E-state index in [4.69, 9.17) is 4.74 Å². The molecule has 4 saturated carbocycles. The minimum Gasteiger partial charge on any atom is -0.484 e. The molecule has 5 fully saturated rings. The quantitative estimate of drug-likeness (QED) is 0.159. The third-order valence-electron chi connectivity index (χ3n) is 10.7. The van der Waals surface area contributed by atoms with Gasteiger partial charge in [0.25, 0.3) is 5.91 Å². The van der Waals surface area contributed by atoms with Gasteiger partial charge in [-0.25, -0.2) is 13.1 Å². The second-order valence-electron chi connectivity index (χ2n) is 14.8. The van der Waals surface area contributed by atoms with Gasteiger partial charge in [-0.1, -0.05) is 0 Å². The summed E-state index contributed by atoms with van der Waals surface area (Å²) in [6.45, 7) is 2.09. The predicted octanol–water partition coefficient (Wildman–Crippen LogP) is -0.0959. The average molecular weight is 737 g/mol. The van der Waals surface area contributed by atoms with Crippen LogP contribution in [0, 0.1) is 17.8 Å². The first kappa shape index (κ1) is 38.9. The molecular formula is C34H52N6O10S. The first-order valence-corrected chi connectivity index (χ1v) is 19.3. The number of sulfonamides is 1. The van der Waals surface area contributed by atoms with Crippen molar-refractivity contribution in [1.82, 2.24) is 29.6 Å². The maximum Gasteiger partial charge on any atom is 0.317 e. The summed E-state index contributed by atoms with van der Waals surface area (Å²) < 4.78 is 34.6. The highest BCUT2D eigenvalue weighted by atomic mass is 32.2. The van der Waals surface area contributed by atoms with Crippen LogP contribution in [0.25, 0.3) is 0 Å². The third kappa shape index (κ3) is 11.8. The molecule has 1 aromatic carbocycles. The van der Waals surface area contributed by atoms with Crippen LogP contribution in [-0.4, -0.2) is 164 Å². The Labute approximate surface area is 299 Å². The van der Waals surface area contributed by atoms with Gasteiger partial charge >= 0.3 is 17.9 Å². The lowest BCUT2D eigenvalue weighted by atomic mass is 9.53. The first-order valence-electron chi connectivity index (χ1n) is 17.8. The van der Waals surface area contributed by atoms with E-state index in [1.165, 1.54) is 43.5 Å². The van der Waals surface area contributed by atoms with E-state index in [1.54, 1.807) is 14.7 Å². The highest BCUT2D eigenvalue weighted by Crippen LogP contribution is 2.55. The molecule has 4 aliphatic carbocycles. The molecule has 51 heavy (non-hydrogen) atoms. The minimum atomic E-state index is -3.89. The summed E-state index contributed by atoms with van der Waals surface area (Å²) in [4.78, 5) is 54.4. The van der Waals surface area contributed by atoms with Crippen molar-refractivity contribution in [2.75, 3.05) is 91.7 Å². The maximum atomic E-state index is 13.1. The standard InChI is InChI=1S/C34H52N6O10S/c41-30(36-34-18-25-15-26(19-34)17-27(16-25)20-34)24-50-28-1-3-29(4-2-28)51(48,49)35-5-6-37-7-9-38(21-31(42)43)11-13-40(23-33(46)47)14-12-39(10-8-37)22-32(44)45/h1-4,25-27,35H,5-24H2,(H,36,41)(H,42,43)(H,44,45)(H,46,47). The number of rotatable bonds is 15. The summed E-state index contributed by atoms with van der Waals surface area (Å²) in [5.41, 5.74) is -0.108. The molecule has 6 rings (SSSR count). The van der Waals surface area contributed by atoms with Gasteiger partial charge in [0.15, 0.2) is 6.61 Å². The van der Waals surface area contributed by atoms with Crippen LogP contribution >= 0.6 is 0 Å². The van der Waals surface area contributed by atoms with Crippen molar-refractivity contribution in [2.45, 2.75) is 49.0 Å². The predicted molar refractivity (Wildman–Crippen MR) is 185 cm³/mol. The Morgan fingerprint density at radius 3 is 1.51 bits per heavy atom. The molecule has 0 radical (unpaired) electrons. The third-order valence-corrected chi connectivity index (χ3v) is 12.2. The van der Waals surface area contributed by atoms with Gasteiger partial charge in [-0.15, -0.1) is 0 Å². The van der Waals surface area contributed by atoms with E-state index in [1.807, 2.05) is 4.90 Å². The zero-order chi connectivity index (χ0) is 36.6. The smallest absolute Gasteiger partial charge is 0.317 e.